The third kappa shape index (κ3) is 5.15. The molecule has 1 aliphatic rings. The molecular weight excluding hydrogens is 378 g/mol. The van der Waals surface area contributed by atoms with Crippen molar-refractivity contribution in [1.29, 1.82) is 0 Å². The van der Waals surface area contributed by atoms with Crippen LogP contribution in [0.4, 0.5) is 5.69 Å². The minimum absolute atomic E-state index is 0.169. The summed E-state index contributed by atoms with van der Waals surface area (Å²) < 4.78 is 33.7. The molecule has 0 spiro atoms. The number of aryl methyl sites for hydroxylation is 1. The van der Waals surface area contributed by atoms with Crippen LogP contribution in [0.5, 0.6) is 0 Å². The minimum atomic E-state index is -3.53. The molecule has 28 heavy (non-hydrogen) atoms. The van der Waals surface area contributed by atoms with Gasteiger partial charge in [-0.05, 0) is 36.2 Å². The van der Waals surface area contributed by atoms with Gasteiger partial charge in [0.05, 0.1) is 18.1 Å². The van der Waals surface area contributed by atoms with E-state index in [0.29, 0.717) is 32.0 Å². The third-order valence-corrected chi connectivity index (χ3v) is 6.48. The van der Waals surface area contributed by atoms with Crippen molar-refractivity contribution in [2.75, 3.05) is 31.6 Å². The number of amides is 1. The van der Waals surface area contributed by atoms with Gasteiger partial charge in [0.15, 0.2) is 12.4 Å². The number of aromatic nitrogens is 1. The predicted molar refractivity (Wildman–Crippen MR) is 105 cm³/mol. The summed E-state index contributed by atoms with van der Waals surface area (Å²) in [7, 11) is -3.53. The van der Waals surface area contributed by atoms with Crippen LogP contribution in [0, 0.1) is 0 Å². The maximum Gasteiger partial charge on any atom is 0.290 e. The van der Waals surface area contributed by atoms with E-state index >= 15 is 0 Å². The second kappa shape index (κ2) is 9.27. The zero-order valence-electron chi connectivity index (χ0n) is 16.0. The van der Waals surface area contributed by atoms with Crippen molar-refractivity contribution in [3.8, 4) is 0 Å². The summed E-state index contributed by atoms with van der Waals surface area (Å²) in [4.78, 5) is 12.5. The molecule has 0 saturated carbocycles. The van der Waals surface area contributed by atoms with E-state index in [9.17, 15) is 13.2 Å². The van der Waals surface area contributed by atoms with Crippen molar-refractivity contribution in [2.24, 2.45) is 0 Å². The molecule has 150 valence electrons. The van der Waals surface area contributed by atoms with E-state index in [1.807, 2.05) is 29.1 Å². The molecule has 2 heterocycles. The normalized spacial score (nSPS) is 15.3. The van der Waals surface area contributed by atoms with Crippen LogP contribution in [0.15, 0.2) is 53.7 Å². The highest BCUT2D eigenvalue weighted by molar-refractivity contribution is 7.89. The lowest BCUT2D eigenvalue weighted by molar-refractivity contribution is -0.684. The van der Waals surface area contributed by atoms with E-state index in [1.165, 1.54) is 22.0 Å². The van der Waals surface area contributed by atoms with Crippen LogP contribution in [-0.2, 0) is 32.5 Å². The van der Waals surface area contributed by atoms with Crippen LogP contribution in [0.1, 0.15) is 18.9 Å². The summed E-state index contributed by atoms with van der Waals surface area (Å²) in [6.45, 7) is 3.85. The van der Waals surface area contributed by atoms with Gasteiger partial charge < -0.3 is 10.1 Å². The summed E-state index contributed by atoms with van der Waals surface area (Å²) in [6.07, 6.45) is 5.89. The standard InChI is InChI=1S/C20H25N3O4S/c1-2-3-17-8-10-22(11-9-17)16-20(24)21-18-4-6-19(7-5-18)28(25,26)23-12-14-27-15-13-23/h4-11H,2-3,12-16H2,1H3/p+1. The summed E-state index contributed by atoms with van der Waals surface area (Å²) >= 11 is 0. The van der Waals surface area contributed by atoms with Crippen LogP contribution in [-0.4, -0.2) is 44.9 Å². The maximum atomic E-state index is 12.6. The molecule has 1 fully saturated rings. The van der Waals surface area contributed by atoms with Gasteiger partial charge in [-0.1, -0.05) is 13.3 Å². The van der Waals surface area contributed by atoms with Gasteiger partial charge in [-0.3, -0.25) is 4.79 Å². The van der Waals surface area contributed by atoms with Crippen LogP contribution in [0.2, 0.25) is 0 Å². The van der Waals surface area contributed by atoms with Gasteiger partial charge >= 0.3 is 0 Å². The number of ether oxygens (including phenoxy) is 1. The molecule has 1 amide bonds. The zero-order chi connectivity index (χ0) is 20.0. The quantitative estimate of drug-likeness (QED) is 0.711. The smallest absolute Gasteiger partial charge is 0.290 e. The Morgan fingerprint density at radius 3 is 2.36 bits per heavy atom. The van der Waals surface area contributed by atoms with Crippen LogP contribution in [0.25, 0.3) is 0 Å². The molecule has 0 bridgehead atoms. The molecule has 1 aliphatic heterocycles. The molecule has 8 heteroatoms. The Balaban J connectivity index is 1.59. The first-order valence-electron chi connectivity index (χ1n) is 9.45. The van der Waals surface area contributed by atoms with E-state index in [4.69, 9.17) is 4.74 Å². The summed E-state index contributed by atoms with van der Waals surface area (Å²) in [5.41, 5.74) is 1.81. The average molecular weight is 405 g/mol. The fraction of sp³-hybridized carbons (Fsp3) is 0.400. The van der Waals surface area contributed by atoms with Crippen molar-refractivity contribution in [2.45, 2.75) is 31.2 Å². The molecule has 2 aromatic rings. The molecule has 0 unspecified atom stereocenters. The number of pyridine rings is 1. The Bertz CT molecular complexity index is 890. The van der Waals surface area contributed by atoms with Crippen LogP contribution >= 0.6 is 0 Å². The summed E-state index contributed by atoms with van der Waals surface area (Å²) in [6, 6.07) is 10.3. The van der Waals surface area contributed by atoms with Gasteiger partial charge in [0.1, 0.15) is 0 Å². The molecule has 7 nitrogen and oxygen atoms in total. The number of anilines is 1. The Morgan fingerprint density at radius 2 is 1.75 bits per heavy atom. The number of nitrogens with zero attached hydrogens (tertiary/aromatic N) is 2. The second-order valence-corrected chi connectivity index (χ2v) is 8.66. The van der Waals surface area contributed by atoms with E-state index in [2.05, 4.69) is 12.2 Å². The fourth-order valence-corrected chi connectivity index (χ4v) is 4.47. The lowest BCUT2D eigenvalue weighted by Crippen LogP contribution is -2.40. The highest BCUT2D eigenvalue weighted by atomic mass is 32.2. The number of benzene rings is 1. The fourth-order valence-electron chi connectivity index (χ4n) is 3.06. The lowest BCUT2D eigenvalue weighted by Gasteiger charge is -2.26. The number of carbonyl (C=O) groups excluding carboxylic acids is 1. The Labute approximate surface area is 166 Å². The van der Waals surface area contributed by atoms with Crippen LogP contribution in [0.3, 0.4) is 0 Å². The van der Waals surface area contributed by atoms with Crippen molar-refractivity contribution in [3.63, 3.8) is 0 Å². The number of rotatable bonds is 7. The SMILES string of the molecule is CCCc1cc[n+](CC(=O)Nc2ccc(S(=O)(=O)N3CCOCC3)cc2)cc1. The molecular formula is C20H26N3O4S+. The lowest BCUT2D eigenvalue weighted by atomic mass is 10.2. The largest absolute Gasteiger partial charge is 0.379 e. The van der Waals surface area contributed by atoms with E-state index < -0.39 is 10.0 Å². The van der Waals surface area contributed by atoms with Crippen LogP contribution < -0.4 is 9.88 Å². The number of hydrogen-bond donors (Lipinski definition) is 1. The average Bonchev–Trinajstić information content (AvgIpc) is 2.71. The third-order valence-electron chi connectivity index (χ3n) is 4.57. The monoisotopic (exact) mass is 404 g/mol. The molecule has 0 radical (unpaired) electrons. The topological polar surface area (TPSA) is 79.6 Å². The number of sulfonamides is 1. The first-order valence-corrected chi connectivity index (χ1v) is 10.9. The van der Waals surface area contributed by atoms with E-state index in [-0.39, 0.29) is 17.3 Å². The molecule has 1 N–H and O–H groups in total. The highest BCUT2D eigenvalue weighted by Crippen LogP contribution is 2.19. The molecule has 0 atom stereocenters. The Hall–Kier alpha value is -2.29. The number of hydrogen-bond acceptors (Lipinski definition) is 4. The molecule has 1 aromatic carbocycles. The van der Waals surface area contributed by atoms with E-state index in [1.54, 1.807) is 12.1 Å². The summed E-state index contributed by atoms with van der Waals surface area (Å²) in [5.74, 6) is -0.169. The maximum absolute atomic E-state index is 12.6. The first-order chi connectivity index (χ1) is 13.5. The van der Waals surface area contributed by atoms with Crippen molar-refractivity contribution < 1.29 is 22.5 Å². The van der Waals surface area contributed by atoms with E-state index in [0.717, 1.165) is 12.8 Å². The van der Waals surface area contributed by atoms with Crippen molar-refractivity contribution in [1.82, 2.24) is 4.31 Å². The highest BCUT2D eigenvalue weighted by Gasteiger charge is 2.26. The minimum Gasteiger partial charge on any atom is -0.379 e. The molecule has 3 rings (SSSR count). The second-order valence-electron chi connectivity index (χ2n) is 6.72. The molecule has 1 saturated heterocycles. The van der Waals surface area contributed by atoms with Gasteiger partial charge in [-0.15, -0.1) is 0 Å². The Kier molecular flexibility index (Phi) is 6.77. The number of nitrogens with one attached hydrogen (secondary N) is 1. The Morgan fingerprint density at radius 1 is 1.11 bits per heavy atom. The van der Waals surface area contributed by atoms with Gasteiger partial charge in [-0.25, -0.2) is 8.42 Å². The zero-order valence-corrected chi connectivity index (χ0v) is 16.8. The predicted octanol–water partition coefficient (Wildman–Crippen LogP) is 1.59. The number of carbonyl (C=O) groups is 1. The van der Waals surface area contributed by atoms with Crippen molar-refractivity contribution >= 4 is 21.6 Å². The number of morpholine rings is 1. The summed E-state index contributed by atoms with van der Waals surface area (Å²) in [5, 5.41) is 2.80. The first kappa shape index (κ1) is 20.4. The van der Waals surface area contributed by atoms with Gasteiger partial charge in [0, 0.05) is 30.9 Å². The molecule has 0 aliphatic carbocycles. The van der Waals surface area contributed by atoms with Gasteiger partial charge in [0.2, 0.25) is 16.6 Å². The van der Waals surface area contributed by atoms with Crippen molar-refractivity contribution in [3.05, 3.63) is 54.4 Å². The van der Waals surface area contributed by atoms with Gasteiger partial charge in [0.25, 0.3) is 5.91 Å². The molecule has 1 aromatic heterocycles. The van der Waals surface area contributed by atoms with Gasteiger partial charge in [-0.2, -0.15) is 8.87 Å².